The first-order valence-electron chi connectivity index (χ1n) is 7.87. The van der Waals surface area contributed by atoms with Crippen LogP contribution in [0.15, 0.2) is 52.7 Å². The lowest BCUT2D eigenvalue weighted by Crippen LogP contribution is -2.41. The molecule has 2 atom stereocenters. The van der Waals surface area contributed by atoms with Crippen LogP contribution < -0.4 is 10.6 Å². The summed E-state index contributed by atoms with van der Waals surface area (Å²) < 4.78 is 22.8. The molecule has 0 saturated heterocycles. The van der Waals surface area contributed by atoms with Gasteiger partial charge in [0.2, 0.25) is 5.91 Å². The quantitative estimate of drug-likeness (QED) is 0.762. The summed E-state index contributed by atoms with van der Waals surface area (Å²) in [6.07, 6.45) is 3.93. The van der Waals surface area contributed by atoms with E-state index in [1.54, 1.807) is 23.6 Å². The average Bonchev–Trinajstić information content (AvgIpc) is 3.22. The second-order valence-electron chi connectivity index (χ2n) is 5.86. The molecular weight excluding hydrogens is 358 g/mol. The number of sulfone groups is 1. The van der Waals surface area contributed by atoms with Gasteiger partial charge in [0.1, 0.15) is 0 Å². The molecule has 0 bridgehead atoms. The Morgan fingerprint density at radius 3 is 2.88 bits per heavy atom. The average molecular weight is 377 g/mol. The van der Waals surface area contributed by atoms with Gasteiger partial charge in [-0.15, -0.1) is 0 Å². The van der Waals surface area contributed by atoms with Crippen molar-refractivity contribution in [1.29, 1.82) is 0 Å². The van der Waals surface area contributed by atoms with Gasteiger partial charge in [-0.1, -0.05) is 12.1 Å². The van der Waals surface area contributed by atoms with Crippen molar-refractivity contribution >= 4 is 27.1 Å². The molecule has 0 aromatic carbocycles. The van der Waals surface area contributed by atoms with Crippen molar-refractivity contribution < 1.29 is 13.2 Å². The first-order chi connectivity index (χ1) is 12.0. The summed E-state index contributed by atoms with van der Waals surface area (Å²) in [5.41, 5.74) is 1.93. The maximum absolute atomic E-state index is 12.3. The topological polar surface area (TPSA) is 88.2 Å². The van der Waals surface area contributed by atoms with E-state index in [0.717, 1.165) is 11.3 Å². The molecule has 0 aliphatic carbocycles. The lowest BCUT2D eigenvalue weighted by atomic mass is 10.1. The fraction of sp³-hybridized carbons (Fsp3) is 0.294. The van der Waals surface area contributed by atoms with Crippen LogP contribution in [0.3, 0.4) is 0 Å². The third-order valence-corrected chi connectivity index (χ3v) is 5.98. The molecule has 1 amide bonds. The Morgan fingerprint density at radius 2 is 2.24 bits per heavy atom. The number of hydrogen-bond donors (Lipinski definition) is 2. The monoisotopic (exact) mass is 377 g/mol. The van der Waals surface area contributed by atoms with Gasteiger partial charge in [0.15, 0.2) is 9.84 Å². The number of pyridine rings is 1. The standard InChI is InChI=1S/C17H19N3O3S2/c21-17(10-19-14-5-8-25(22,23)12-14)20-16(9-13-4-7-24-11-13)15-3-1-2-6-18-15/h1-8,11,14,16,19H,9-10,12H2,(H,20,21)/t14-,16+/m1/s1. The number of thiophene rings is 1. The molecule has 0 spiro atoms. The summed E-state index contributed by atoms with van der Waals surface area (Å²) in [5, 5.41) is 11.2. The lowest BCUT2D eigenvalue weighted by molar-refractivity contribution is -0.121. The van der Waals surface area contributed by atoms with Crippen molar-refractivity contribution in [3.05, 3.63) is 64.0 Å². The van der Waals surface area contributed by atoms with Crippen LogP contribution in [-0.2, 0) is 21.1 Å². The van der Waals surface area contributed by atoms with E-state index in [1.807, 2.05) is 29.6 Å². The highest BCUT2D eigenvalue weighted by Gasteiger charge is 2.22. The summed E-state index contributed by atoms with van der Waals surface area (Å²) >= 11 is 1.61. The third kappa shape index (κ3) is 5.22. The zero-order chi connectivity index (χ0) is 17.7. The minimum Gasteiger partial charge on any atom is -0.346 e. The van der Waals surface area contributed by atoms with Crippen molar-refractivity contribution in [2.45, 2.75) is 18.5 Å². The normalized spacial score (nSPS) is 19.6. The number of hydrogen-bond acceptors (Lipinski definition) is 6. The SMILES string of the molecule is O=C(CN[C@@H]1C=CS(=O)(=O)C1)N[C@@H](Cc1ccsc1)c1ccccn1. The molecule has 0 saturated carbocycles. The van der Waals surface area contributed by atoms with Crippen LogP contribution in [0.25, 0.3) is 0 Å². The van der Waals surface area contributed by atoms with Crippen LogP contribution in [0.2, 0.25) is 0 Å². The van der Waals surface area contributed by atoms with Crippen LogP contribution >= 0.6 is 11.3 Å². The molecule has 1 aliphatic rings. The van der Waals surface area contributed by atoms with Crippen molar-refractivity contribution in [2.75, 3.05) is 12.3 Å². The molecule has 2 aromatic rings. The van der Waals surface area contributed by atoms with Crippen LogP contribution in [0, 0.1) is 0 Å². The van der Waals surface area contributed by atoms with Gasteiger partial charge in [-0.3, -0.25) is 9.78 Å². The molecule has 2 aromatic heterocycles. The predicted molar refractivity (Wildman–Crippen MR) is 97.9 cm³/mol. The molecule has 0 radical (unpaired) electrons. The first kappa shape index (κ1) is 17.8. The highest BCUT2D eigenvalue weighted by atomic mass is 32.2. The summed E-state index contributed by atoms with van der Waals surface area (Å²) in [5.74, 6) is -0.192. The molecule has 2 N–H and O–H groups in total. The molecule has 1 aliphatic heterocycles. The van der Waals surface area contributed by atoms with Gasteiger partial charge in [0.05, 0.1) is 24.0 Å². The Hall–Kier alpha value is -2.03. The smallest absolute Gasteiger partial charge is 0.234 e. The Labute approximate surface area is 150 Å². The number of carbonyl (C=O) groups is 1. The van der Waals surface area contributed by atoms with Crippen molar-refractivity contribution in [3.8, 4) is 0 Å². The number of carbonyl (C=O) groups excluding carboxylic acids is 1. The van der Waals surface area contributed by atoms with E-state index in [0.29, 0.717) is 6.42 Å². The lowest BCUT2D eigenvalue weighted by Gasteiger charge is -2.19. The van der Waals surface area contributed by atoms with Gasteiger partial charge in [0, 0.05) is 17.6 Å². The van der Waals surface area contributed by atoms with E-state index in [4.69, 9.17) is 0 Å². The molecule has 132 valence electrons. The van der Waals surface area contributed by atoms with Crippen LogP contribution in [-0.4, -0.2) is 37.6 Å². The van der Waals surface area contributed by atoms with Gasteiger partial charge in [0.25, 0.3) is 0 Å². The van der Waals surface area contributed by atoms with E-state index in [-0.39, 0.29) is 30.3 Å². The van der Waals surface area contributed by atoms with Gasteiger partial charge >= 0.3 is 0 Å². The van der Waals surface area contributed by atoms with Crippen LogP contribution in [0.5, 0.6) is 0 Å². The van der Waals surface area contributed by atoms with E-state index in [9.17, 15) is 13.2 Å². The molecule has 3 heterocycles. The van der Waals surface area contributed by atoms with E-state index < -0.39 is 9.84 Å². The number of rotatable bonds is 7. The number of nitrogens with one attached hydrogen (secondary N) is 2. The molecule has 8 heteroatoms. The summed E-state index contributed by atoms with van der Waals surface area (Å²) in [4.78, 5) is 16.6. The van der Waals surface area contributed by atoms with Gasteiger partial charge < -0.3 is 10.6 Å². The number of nitrogens with zero attached hydrogens (tertiary/aromatic N) is 1. The first-order valence-corrected chi connectivity index (χ1v) is 10.5. The molecular formula is C17H19N3O3S2. The molecule has 0 unspecified atom stereocenters. The second-order valence-corrected chi connectivity index (χ2v) is 8.57. The highest BCUT2D eigenvalue weighted by molar-refractivity contribution is 7.94. The molecule has 6 nitrogen and oxygen atoms in total. The summed E-state index contributed by atoms with van der Waals surface area (Å²) in [7, 11) is -3.13. The van der Waals surface area contributed by atoms with Crippen LogP contribution in [0.1, 0.15) is 17.3 Å². The summed E-state index contributed by atoms with van der Waals surface area (Å²) in [6.45, 7) is 0.0531. The Bertz CT molecular complexity index is 833. The summed E-state index contributed by atoms with van der Waals surface area (Å²) in [6, 6.07) is 7.09. The maximum atomic E-state index is 12.3. The Morgan fingerprint density at radius 1 is 1.36 bits per heavy atom. The fourth-order valence-electron chi connectivity index (χ4n) is 2.63. The predicted octanol–water partition coefficient (Wildman–Crippen LogP) is 1.44. The minimum atomic E-state index is -3.13. The minimum absolute atomic E-state index is 0.00114. The van der Waals surface area contributed by atoms with E-state index in [1.165, 1.54) is 5.41 Å². The van der Waals surface area contributed by atoms with E-state index >= 15 is 0 Å². The highest BCUT2D eigenvalue weighted by Crippen LogP contribution is 2.18. The molecule has 3 rings (SSSR count). The van der Waals surface area contributed by atoms with Gasteiger partial charge in [-0.05, 0) is 40.9 Å². The number of amides is 1. The number of aromatic nitrogens is 1. The Kier molecular flexibility index (Phi) is 5.62. The van der Waals surface area contributed by atoms with Crippen LogP contribution in [0.4, 0.5) is 0 Å². The Balaban J connectivity index is 1.59. The van der Waals surface area contributed by atoms with Crippen molar-refractivity contribution in [3.63, 3.8) is 0 Å². The zero-order valence-electron chi connectivity index (χ0n) is 13.5. The zero-order valence-corrected chi connectivity index (χ0v) is 15.1. The van der Waals surface area contributed by atoms with Gasteiger partial charge in [-0.25, -0.2) is 8.42 Å². The van der Waals surface area contributed by atoms with Gasteiger partial charge in [-0.2, -0.15) is 11.3 Å². The second kappa shape index (κ2) is 7.90. The van der Waals surface area contributed by atoms with Crippen molar-refractivity contribution in [1.82, 2.24) is 15.6 Å². The largest absolute Gasteiger partial charge is 0.346 e. The fourth-order valence-corrected chi connectivity index (χ4v) is 4.58. The molecule has 25 heavy (non-hydrogen) atoms. The third-order valence-electron chi connectivity index (χ3n) is 3.85. The maximum Gasteiger partial charge on any atom is 0.234 e. The van der Waals surface area contributed by atoms with Crippen molar-refractivity contribution in [2.24, 2.45) is 0 Å². The van der Waals surface area contributed by atoms with E-state index in [2.05, 4.69) is 21.0 Å². The molecule has 0 fully saturated rings.